The number of amides is 1. The molecule has 0 radical (unpaired) electrons. The van der Waals surface area contributed by atoms with Crippen molar-refractivity contribution in [3.63, 3.8) is 0 Å². The summed E-state index contributed by atoms with van der Waals surface area (Å²) in [6, 6.07) is 9.02. The highest BCUT2D eigenvalue weighted by atomic mass is 16.6. The number of carbonyl (C=O) groups is 3. The fourth-order valence-electron chi connectivity index (χ4n) is 2.16. The molecule has 8 nitrogen and oxygen atoms in total. The molecule has 0 aliphatic carbocycles. The predicted octanol–water partition coefficient (Wildman–Crippen LogP) is 1.17. The second kappa shape index (κ2) is 8.77. The second-order valence-electron chi connectivity index (χ2n) is 6.91. The van der Waals surface area contributed by atoms with Gasteiger partial charge in [-0.3, -0.25) is 14.5 Å². The molecule has 8 heteroatoms. The van der Waals surface area contributed by atoms with E-state index in [1.807, 2.05) is 6.07 Å². The van der Waals surface area contributed by atoms with E-state index in [9.17, 15) is 14.4 Å². The van der Waals surface area contributed by atoms with Crippen LogP contribution in [0.15, 0.2) is 30.3 Å². The maximum Gasteiger partial charge on any atom is 0.411 e. The topological polar surface area (TPSA) is 125 Å². The van der Waals surface area contributed by atoms with Crippen LogP contribution < -0.4 is 11.5 Å². The minimum absolute atomic E-state index is 0.00332. The van der Waals surface area contributed by atoms with Gasteiger partial charge in [-0.2, -0.15) is 0 Å². The third kappa shape index (κ3) is 6.12. The van der Waals surface area contributed by atoms with Crippen molar-refractivity contribution in [3.05, 3.63) is 35.9 Å². The lowest BCUT2D eigenvalue weighted by molar-refractivity contribution is -0.159. The zero-order chi connectivity index (χ0) is 20.0. The van der Waals surface area contributed by atoms with Crippen molar-refractivity contribution in [2.75, 3.05) is 13.6 Å². The maximum atomic E-state index is 12.3. The Bertz CT molecular complexity index is 642. The summed E-state index contributed by atoms with van der Waals surface area (Å²) in [7, 11) is 1.28. The van der Waals surface area contributed by atoms with Gasteiger partial charge in [0.25, 0.3) is 0 Å². The van der Waals surface area contributed by atoms with E-state index in [1.54, 1.807) is 45.0 Å². The van der Waals surface area contributed by atoms with Crippen LogP contribution in [0.4, 0.5) is 4.79 Å². The molecule has 1 unspecified atom stereocenters. The van der Waals surface area contributed by atoms with Gasteiger partial charge >= 0.3 is 12.1 Å². The summed E-state index contributed by atoms with van der Waals surface area (Å²) < 4.78 is 10.4. The van der Waals surface area contributed by atoms with Gasteiger partial charge in [0.15, 0.2) is 11.4 Å². The zero-order valence-electron chi connectivity index (χ0n) is 15.7. The van der Waals surface area contributed by atoms with Crippen molar-refractivity contribution in [3.8, 4) is 0 Å². The molecule has 0 aliphatic rings. The van der Waals surface area contributed by atoms with Gasteiger partial charge in [0.1, 0.15) is 12.2 Å². The van der Waals surface area contributed by atoms with Crippen LogP contribution in [0.1, 0.15) is 32.8 Å². The van der Waals surface area contributed by atoms with Crippen molar-refractivity contribution in [2.24, 2.45) is 11.5 Å². The summed E-state index contributed by atoms with van der Waals surface area (Å²) in [5.74, 6) is -1.40. The molecule has 0 saturated heterocycles. The third-order valence-corrected chi connectivity index (χ3v) is 3.58. The predicted molar refractivity (Wildman–Crippen MR) is 95.8 cm³/mol. The maximum absolute atomic E-state index is 12.3. The first-order chi connectivity index (χ1) is 12.0. The number of hydrogen-bond acceptors (Lipinski definition) is 7. The lowest BCUT2D eigenvalue weighted by Gasteiger charge is -2.36. The SMILES string of the molecule is CN(C(=O)OCc1ccccc1)C(N)(CC(=O)OC(C)(C)C)C(=O)CN. The second-order valence-corrected chi connectivity index (χ2v) is 6.91. The monoisotopic (exact) mass is 365 g/mol. The van der Waals surface area contributed by atoms with Gasteiger partial charge in [0.2, 0.25) is 0 Å². The Morgan fingerprint density at radius 3 is 2.19 bits per heavy atom. The van der Waals surface area contributed by atoms with E-state index in [2.05, 4.69) is 0 Å². The van der Waals surface area contributed by atoms with Gasteiger partial charge in [-0.1, -0.05) is 30.3 Å². The molecule has 1 amide bonds. The Hall–Kier alpha value is -2.45. The summed E-state index contributed by atoms with van der Waals surface area (Å²) in [6.45, 7) is 4.63. The molecule has 1 rings (SSSR count). The number of rotatable bonds is 7. The van der Waals surface area contributed by atoms with Gasteiger partial charge in [-0.05, 0) is 26.3 Å². The molecule has 144 valence electrons. The number of carbonyl (C=O) groups excluding carboxylic acids is 3. The van der Waals surface area contributed by atoms with Gasteiger partial charge in [0, 0.05) is 7.05 Å². The molecule has 26 heavy (non-hydrogen) atoms. The quantitative estimate of drug-likeness (QED) is 0.549. The molecule has 0 fully saturated rings. The fourth-order valence-corrected chi connectivity index (χ4v) is 2.16. The average Bonchev–Trinajstić information content (AvgIpc) is 2.57. The first-order valence-corrected chi connectivity index (χ1v) is 8.18. The minimum atomic E-state index is -1.95. The molecule has 0 aliphatic heterocycles. The van der Waals surface area contributed by atoms with E-state index in [4.69, 9.17) is 20.9 Å². The largest absolute Gasteiger partial charge is 0.460 e. The van der Waals surface area contributed by atoms with E-state index in [-0.39, 0.29) is 6.61 Å². The van der Waals surface area contributed by atoms with E-state index in [0.29, 0.717) is 0 Å². The Kier molecular flexibility index (Phi) is 7.29. The number of ether oxygens (including phenoxy) is 2. The Morgan fingerprint density at radius 2 is 1.69 bits per heavy atom. The third-order valence-electron chi connectivity index (χ3n) is 3.58. The Morgan fingerprint density at radius 1 is 1.12 bits per heavy atom. The Balaban J connectivity index is 2.87. The number of likely N-dealkylation sites (N-methyl/N-ethyl adjacent to an activating group) is 1. The molecular weight excluding hydrogens is 338 g/mol. The number of esters is 1. The lowest BCUT2D eigenvalue weighted by Crippen LogP contribution is -2.64. The van der Waals surface area contributed by atoms with Gasteiger partial charge in [-0.15, -0.1) is 0 Å². The molecular formula is C18H27N3O5. The number of ketones is 1. The van der Waals surface area contributed by atoms with E-state index < -0.39 is 42.1 Å². The number of nitrogens with two attached hydrogens (primary N) is 2. The average molecular weight is 365 g/mol. The molecule has 0 bridgehead atoms. The first kappa shape index (κ1) is 21.6. The van der Waals surface area contributed by atoms with Crippen LogP contribution in [0.2, 0.25) is 0 Å². The van der Waals surface area contributed by atoms with Crippen LogP contribution in [0.25, 0.3) is 0 Å². The van der Waals surface area contributed by atoms with E-state index in [1.165, 1.54) is 7.05 Å². The molecule has 0 heterocycles. The fraction of sp³-hybridized carbons (Fsp3) is 0.500. The molecule has 1 atom stereocenters. The van der Waals surface area contributed by atoms with Crippen LogP contribution in [-0.4, -0.2) is 47.6 Å². The van der Waals surface area contributed by atoms with Crippen molar-refractivity contribution in [1.29, 1.82) is 0 Å². The normalized spacial score (nSPS) is 13.5. The zero-order valence-corrected chi connectivity index (χ0v) is 15.7. The van der Waals surface area contributed by atoms with Crippen LogP contribution >= 0.6 is 0 Å². The van der Waals surface area contributed by atoms with Gasteiger partial charge in [0.05, 0.1) is 13.0 Å². The highest BCUT2D eigenvalue weighted by Crippen LogP contribution is 2.19. The summed E-state index contributed by atoms with van der Waals surface area (Å²) in [4.78, 5) is 37.6. The minimum Gasteiger partial charge on any atom is -0.460 e. The first-order valence-electron chi connectivity index (χ1n) is 8.18. The molecule has 4 N–H and O–H groups in total. The van der Waals surface area contributed by atoms with Crippen molar-refractivity contribution in [2.45, 2.75) is 45.1 Å². The standard InChI is InChI=1S/C18H27N3O5/c1-17(2,3)26-15(23)10-18(20,14(22)11-19)21(4)16(24)25-12-13-8-6-5-7-9-13/h5-9H,10-12,19-20H2,1-4H3. The number of Topliss-reactive ketones (excluding diaryl/α,β-unsaturated/α-hetero) is 1. The summed E-state index contributed by atoms with van der Waals surface area (Å²) in [5.41, 5.74) is 9.55. The van der Waals surface area contributed by atoms with Crippen molar-refractivity contribution in [1.82, 2.24) is 4.90 Å². The number of benzene rings is 1. The molecule has 1 aromatic carbocycles. The lowest BCUT2D eigenvalue weighted by atomic mass is 9.99. The van der Waals surface area contributed by atoms with Crippen LogP contribution in [0, 0.1) is 0 Å². The summed E-state index contributed by atoms with van der Waals surface area (Å²) >= 11 is 0. The van der Waals surface area contributed by atoms with Gasteiger partial charge in [-0.25, -0.2) is 4.79 Å². The smallest absolute Gasteiger partial charge is 0.411 e. The highest BCUT2D eigenvalue weighted by Gasteiger charge is 2.43. The van der Waals surface area contributed by atoms with Crippen LogP contribution in [0.5, 0.6) is 0 Å². The van der Waals surface area contributed by atoms with Gasteiger partial charge < -0.3 is 20.9 Å². The van der Waals surface area contributed by atoms with E-state index >= 15 is 0 Å². The van der Waals surface area contributed by atoms with Crippen molar-refractivity contribution < 1.29 is 23.9 Å². The van der Waals surface area contributed by atoms with Crippen LogP contribution in [0.3, 0.4) is 0 Å². The van der Waals surface area contributed by atoms with E-state index in [0.717, 1.165) is 10.5 Å². The summed E-state index contributed by atoms with van der Waals surface area (Å²) in [5, 5.41) is 0. The highest BCUT2D eigenvalue weighted by molar-refractivity contribution is 5.95. The molecule has 1 aromatic rings. The molecule has 0 saturated carbocycles. The van der Waals surface area contributed by atoms with Crippen LogP contribution in [-0.2, 0) is 25.7 Å². The molecule has 0 aromatic heterocycles. The molecule has 0 spiro atoms. The Labute approximate surface area is 153 Å². The summed E-state index contributed by atoms with van der Waals surface area (Å²) in [6.07, 6.45) is -1.38. The van der Waals surface area contributed by atoms with Crippen molar-refractivity contribution >= 4 is 17.8 Å². The number of hydrogen-bond donors (Lipinski definition) is 2. The number of nitrogens with zero attached hydrogens (tertiary/aromatic N) is 1.